The Hall–Kier alpha value is -2.53. The van der Waals surface area contributed by atoms with Crippen molar-refractivity contribution in [2.45, 2.75) is 12.8 Å². The molecule has 4 rings (SSSR count). The van der Waals surface area contributed by atoms with Crippen LogP contribution in [0.25, 0.3) is 6.08 Å². The van der Waals surface area contributed by atoms with Crippen LogP contribution in [0.1, 0.15) is 18.4 Å². The molecule has 0 radical (unpaired) electrons. The quantitative estimate of drug-likeness (QED) is 0.866. The first-order valence-electron chi connectivity index (χ1n) is 9.29. The molecule has 0 spiro atoms. The van der Waals surface area contributed by atoms with Crippen LogP contribution in [-0.4, -0.2) is 42.9 Å². The number of benzene rings is 1. The van der Waals surface area contributed by atoms with E-state index in [1.54, 1.807) is 0 Å². The predicted octanol–water partition coefficient (Wildman–Crippen LogP) is 3.18. The van der Waals surface area contributed by atoms with Crippen molar-refractivity contribution < 1.29 is 9.84 Å². The van der Waals surface area contributed by atoms with E-state index in [4.69, 9.17) is 4.74 Å². The lowest BCUT2D eigenvalue weighted by Crippen LogP contribution is -2.34. The van der Waals surface area contributed by atoms with Crippen LogP contribution in [0.2, 0.25) is 0 Å². The van der Waals surface area contributed by atoms with Crippen LogP contribution in [0, 0.1) is 5.92 Å². The summed E-state index contributed by atoms with van der Waals surface area (Å²) >= 11 is 0. The maximum atomic E-state index is 9.25. The molecule has 2 N–H and O–H groups in total. The number of hydrogen-bond acceptors (Lipinski definition) is 5. The molecule has 26 heavy (non-hydrogen) atoms. The van der Waals surface area contributed by atoms with Crippen LogP contribution in [0.3, 0.4) is 0 Å². The third kappa shape index (κ3) is 3.83. The summed E-state index contributed by atoms with van der Waals surface area (Å²) in [6.45, 7) is 3.62. The number of aliphatic hydroxyl groups excluding tert-OH is 1. The molecule has 1 aromatic heterocycles. The van der Waals surface area contributed by atoms with Crippen molar-refractivity contribution in [2.24, 2.45) is 5.92 Å². The predicted molar refractivity (Wildman–Crippen MR) is 105 cm³/mol. The molecule has 1 aromatic carbocycles. The highest BCUT2D eigenvalue weighted by atomic mass is 16.5. The molecule has 0 amide bonds. The maximum absolute atomic E-state index is 9.25. The van der Waals surface area contributed by atoms with Gasteiger partial charge in [-0.15, -0.1) is 0 Å². The fraction of sp³-hybridized carbons (Fsp3) is 0.381. The average molecular weight is 351 g/mol. The SMILES string of the molecule is OCC1CCN(c2ccc(NCC3=Cc4ccccc4OC3)nc2)CC1. The summed E-state index contributed by atoms with van der Waals surface area (Å²) in [6.07, 6.45) is 6.21. The summed E-state index contributed by atoms with van der Waals surface area (Å²) in [5.41, 5.74) is 3.49. The van der Waals surface area contributed by atoms with Crippen LogP contribution in [0.4, 0.5) is 11.5 Å². The molecular weight excluding hydrogens is 326 g/mol. The first kappa shape index (κ1) is 16.9. The normalized spacial score (nSPS) is 17.3. The second kappa shape index (κ2) is 7.79. The largest absolute Gasteiger partial charge is 0.489 e. The Morgan fingerprint density at radius 3 is 2.77 bits per heavy atom. The number of nitrogens with one attached hydrogen (secondary N) is 1. The van der Waals surface area contributed by atoms with Gasteiger partial charge in [-0.2, -0.15) is 0 Å². The lowest BCUT2D eigenvalue weighted by Gasteiger charge is -2.32. The highest BCUT2D eigenvalue weighted by Gasteiger charge is 2.18. The van der Waals surface area contributed by atoms with E-state index in [2.05, 4.69) is 33.4 Å². The average Bonchev–Trinajstić information content (AvgIpc) is 2.72. The van der Waals surface area contributed by atoms with E-state index in [1.165, 1.54) is 5.57 Å². The van der Waals surface area contributed by atoms with Crippen molar-refractivity contribution in [3.8, 4) is 5.75 Å². The topological polar surface area (TPSA) is 57.6 Å². The standard InChI is InChI=1S/C21H25N3O2/c25-14-16-7-9-24(10-8-16)19-5-6-21(23-13-19)22-12-17-11-18-3-1-2-4-20(18)26-15-17/h1-6,11,13,16,25H,7-10,12,14-15H2,(H,22,23). The van der Waals surface area contributed by atoms with Crippen molar-refractivity contribution in [1.82, 2.24) is 4.98 Å². The number of aromatic nitrogens is 1. The van der Waals surface area contributed by atoms with E-state index in [0.29, 0.717) is 19.1 Å². The van der Waals surface area contributed by atoms with Gasteiger partial charge >= 0.3 is 0 Å². The number of pyridine rings is 1. The van der Waals surface area contributed by atoms with Gasteiger partial charge in [-0.3, -0.25) is 0 Å². The summed E-state index contributed by atoms with van der Waals surface area (Å²) in [5.74, 6) is 2.28. The van der Waals surface area contributed by atoms with Crippen molar-refractivity contribution in [1.29, 1.82) is 0 Å². The number of piperidine rings is 1. The Morgan fingerprint density at radius 2 is 2.00 bits per heavy atom. The Bertz CT molecular complexity index is 765. The molecule has 1 fully saturated rings. The molecule has 2 aliphatic heterocycles. The fourth-order valence-corrected chi connectivity index (χ4v) is 3.52. The number of anilines is 2. The third-order valence-corrected chi connectivity index (χ3v) is 5.17. The van der Waals surface area contributed by atoms with Crippen LogP contribution in [0.15, 0.2) is 48.2 Å². The molecule has 136 valence electrons. The number of hydrogen-bond donors (Lipinski definition) is 2. The van der Waals surface area contributed by atoms with Gasteiger partial charge in [0.2, 0.25) is 0 Å². The maximum Gasteiger partial charge on any atom is 0.127 e. The summed E-state index contributed by atoms with van der Waals surface area (Å²) < 4.78 is 5.79. The van der Waals surface area contributed by atoms with Crippen molar-refractivity contribution in [3.63, 3.8) is 0 Å². The summed E-state index contributed by atoms with van der Waals surface area (Å²) in [6, 6.07) is 12.2. The molecule has 3 heterocycles. The van der Waals surface area contributed by atoms with Gasteiger partial charge in [-0.05, 0) is 48.6 Å². The minimum atomic E-state index is 0.305. The van der Waals surface area contributed by atoms with E-state index >= 15 is 0 Å². The lowest BCUT2D eigenvalue weighted by atomic mass is 9.98. The molecule has 0 aliphatic carbocycles. The fourth-order valence-electron chi connectivity index (χ4n) is 3.52. The summed E-state index contributed by atoms with van der Waals surface area (Å²) in [4.78, 5) is 6.90. The molecule has 5 nitrogen and oxygen atoms in total. The van der Waals surface area contributed by atoms with Gasteiger partial charge in [-0.1, -0.05) is 18.2 Å². The summed E-state index contributed by atoms with van der Waals surface area (Å²) in [5, 5.41) is 12.6. The molecule has 5 heteroatoms. The summed E-state index contributed by atoms with van der Waals surface area (Å²) in [7, 11) is 0. The molecular formula is C21H25N3O2. The molecule has 0 atom stereocenters. The van der Waals surface area contributed by atoms with Gasteiger partial charge in [0.1, 0.15) is 18.2 Å². The van der Waals surface area contributed by atoms with Crippen LogP contribution < -0.4 is 15.0 Å². The van der Waals surface area contributed by atoms with Crippen LogP contribution >= 0.6 is 0 Å². The number of fused-ring (bicyclic) bond motifs is 1. The van der Waals surface area contributed by atoms with Gasteiger partial charge < -0.3 is 20.1 Å². The zero-order valence-electron chi connectivity index (χ0n) is 14.9. The van der Waals surface area contributed by atoms with E-state index in [1.807, 2.05) is 30.5 Å². The van der Waals surface area contributed by atoms with Gasteiger partial charge in [0.15, 0.2) is 0 Å². The van der Waals surface area contributed by atoms with Gasteiger partial charge in [0, 0.05) is 31.8 Å². The Morgan fingerprint density at radius 1 is 1.15 bits per heavy atom. The first-order valence-corrected chi connectivity index (χ1v) is 9.29. The number of nitrogens with zero attached hydrogens (tertiary/aromatic N) is 2. The van der Waals surface area contributed by atoms with Gasteiger partial charge in [0.25, 0.3) is 0 Å². The molecule has 0 bridgehead atoms. The molecule has 0 saturated carbocycles. The second-order valence-electron chi connectivity index (χ2n) is 7.00. The number of aliphatic hydroxyl groups is 1. The Labute approximate surface area is 154 Å². The minimum absolute atomic E-state index is 0.305. The van der Waals surface area contributed by atoms with Crippen molar-refractivity contribution >= 4 is 17.6 Å². The molecule has 1 saturated heterocycles. The highest BCUT2D eigenvalue weighted by Crippen LogP contribution is 2.26. The van der Waals surface area contributed by atoms with E-state index in [0.717, 1.165) is 55.3 Å². The van der Waals surface area contributed by atoms with E-state index in [-0.39, 0.29) is 0 Å². The monoisotopic (exact) mass is 351 g/mol. The first-order chi connectivity index (χ1) is 12.8. The molecule has 2 aromatic rings. The van der Waals surface area contributed by atoms with Gasteiger partial charge in [-0.25, -0.2) is 4.98 Å². The van der Waals surface area contributed by atoms with E-state index < -0.39 is 0 Å². The molecule has 2 aliphatic rings. The molecule has 0 unspecified atom stereocenters. The minimum Gasteiger partial charge on any atom is -0.489 e. The second-order valence-corrected chi connectivity index (χ2v) is 7.00. The number of para-hydroxylation sites is 1. The van der Waals surface area contributed by atoms with E-state index in [9.17, 15) is 5.11 Å². The Balaban J connectivity index is 1.33. The van der Waals surface area contributed by atoms with Crippen LogP contribution in [0.5, 0.6) is 5.75 Å². The van der Waals surface area contributed by atoms with Crippen molar-refractivity contribution in [3.05, 3.63) is 53.7 Å². The zero-order valence-corrected chi connectivity index (χ0v) is 14.9. The highest BCUT2D eigenvalue weighted by molar-refractivity contribution is 5.63. The van der Waals surface area contributed by atoms with Gasteiger partial charge in [0.05, 0.1) is 11.9 Å². The van der Waals surface area contributed by atoms with Crippen LogP contribution in [-0.2, 0) is 0 Å². The van der Waals surface area contributed by atoms with Crippen molar-refractivity contribution in [2.75, 3.05) is 43.1 Å². The lowest BCUT2D eigenvalue weighted by molar-refractivity contribution is 0.203. The number of ether oxygens (including phenoxy) is 1. The third-order valence-electron chi connectivity index (χ3n) is 5.17. The Kier molecular flexibility index (Phi) is 5.07. The zero-order chi connectivity index (χ0) is 17.8. The number of rotatable bonds is 5. The smallest absolute Gasteiger partial charge is 0.127 e.